The van der Waals surface area contributed by atoms with Gasteiger partial charge < -0.3 is 10.1 Å². The highest BCUT2D eigenvalue weighted by Gasteiger charge is 2.07. The van der Waals surface area contributed by atoms with E-state index >= 15 is 0 Å². The van der Waals surface area contributed by atoms with Crippen molar-refractivity contribution in [3.8, 4) is 5.75 Å². The highest BCUT2D eigenvalue weighted by molar-refractivity contribution is 7.22. The monoisotopic (exact) mass is 288 g/mol. The van der Waals surface area contributed by atoms with Gasteiger partial charge >= 0.3 is 0 Å². The van der Waals surface area contributed by atoms with E-state index in [1.54, 1.807) is 23.5 Å². The largest absolute Gasteiger partial charge is 0.494 e. The summed E-state index contributed by atoms with van der Waals surface area (Å²) in [7, 11) is 1.45. The molecule has 0 unspecified atom stereocenters. The first-order chi connectivity index (χ1) is 9.65. The number of hydrogen-bond acceptors (Lipinski definition) is 4. The van der Waals surface area contributed by atoms with Crippen LogP contribution >= 0.6 is 11.3 Å². The second-order valence-electron chi connectivity index (χ2n) is 4.46. The van der Waals surface area contributed by atoms with Gasteiger partial charge in [-0.3, -0.25) is 0 Å². The molecule has 0 atom stereocenters. The maximum atomic E-state index is 13.6. The van der Waals surface area contributed by atoms with Crippen molar-refractivity contribution in [1.82, 2.24) is 4.98 Å². The molecule has 20 heavy (non-hydrogen) atoms. The van der Waals surface area contributed by atoms with Crippen molar-refractivity contribution in [3.63, 3.8) is 0 Å². The number of hydrogen-bond donors (Lipinski definition) is 1. The van der Waals surface area contributed by atoms with Gasteiger partial charge in [0, 0.05) is 11.8 Å². The second-order valence-corrected chi connectivity index (χ2v) is 5.50. The molecule has 3 rings (SSSR count). The Hall–Kier alpha value is -2.14. The number of benzene rings is 2. The first kappa shape index (κ1) is 12.9. The minimum atomic E-state index is -0.394. The van der Waals surface area contributed by atoms with Gasteiger partial charge in [0.2, 0.25) is 0 Å². The summed E-state index contributed by atoms with van der Waals surface area (Å²) in [6.45, 7) is 2.03. The van der Waals surface area contributed by atoms with Gasteiger partial charge in [0.05, 0.1) is 17.3 Å². The van der Waals surface area contributed by atoms with E-state index in [1.807, 2.05) is 19.1 Å². The van der Waals surface area contributed by atoms with E-state index in [0.29, 0.717) is 5.69 Å². The molecule has 5 heteroatoms. The zero-order valence-electron chi connectivity index (χ0n) is 11.1. The van der Waals surface area contributed by atoms with Crippen LogP contribution in [0.2, 0.25) is 0 Å². The van der Waals surface area contributed by atoms with Crippen LogP contribution in [0.3, 0.4) is 0 Å². The number of anilines is 2. The van der Waals surface area contributed by atoms with Crippen LogP contribution in [0.15, 0.2) is 36.4 Å². The maximum absolute atomic E-state index is 13.6. The van der Waals surface area contributed by atoms with E-state index in [1.165, 1.54) is 18.7 Å². The molecule has 0 amide bonds. The topological polar surface area (TPSA) is 34.1 Å². The highest BCUT2D eigenvalue weighted by Crippen LogP contribution is 2.30. The van der Waals surface area contributed by atoms with Crippen LogP contribution in [-0.2, 0) is 0 Å². The maximum Gasteiger partial charge on any atom is 0.188 e. The van der Waals surface area contributed by atoms with Crippen molar-refractivity contribution in [2.75, 3.05) is 12.4 Å². The van der Waals surface area contributed by atoms with Gasteiger partial charge in [-0.25, -0.2) is 9.37 Å². The number of nitrogens with one attached hydrogen (secondary N) is 1. The first-order valence-electron chi connectivity index (χ1n) is 6.13. The summed E-state index contributed by atoms with van der Waals surface area (Å²) < 4.78 is 19.6. The van der Waals surface area contributed by atoms with Crippen LogP contribution in [0.5, 0.6) is 5.75 Å². The number of nitrogens with zero attached hydrogens (tertiary/aromatic N) is 1. The summed E-state index contributed by atoms with van der Waals surface area (Å²) in [5.41, 5.74) is 2.77. The summed E-state index contributed by atoms with van der Waals surface area (Å²) in [4.78, 5) is 4.49. The predicted octanol–water partition coefficient (Wildman–Crippen LogP) is 4.50. The number of aryl methyl sites for hydroxylation is 1. The van der Waals surface area contributed by atoms with Crippen molar-refractivity contribution in [2.45, 2.75) is 6.92 Å². The molecule has 0 bridgehead atoms. The standard InChI is InChI=1S/C15H13FN2OS/c1-9-3-6-14-12(7-9)18-15(20-14)17-10-4-5-13(19-2)11(16)8-10/h3-8H,1-2H3,(H,17,18). The minimum Gasteiger partial charge on any atom is -0.494 e. The van der Waals surface area contributed by atoms with Crippen LogP contribution < -0.4 is 10.1 Å². The molecule has 1 heterocycles. The molecule has 0 aliphatic rings. The first-order valence-corrected chi connectivity index (χ1v) is 6.95. The third kappa shape index (κ3) is 2.44. The molecule has 2 aromatic carbocycles. The molecule has 0 fully saturated rings. The fraction of sp³-hybridized carbons (Fsp3) is 0.133. The summed E-state index contributed by atoms with van der Waals surface area (Å²) in [5.74, 6) is -0.162. The normalized spacial score (nSPS) is 10.8. The quantitative estimate of drug-likeness (QED) is 0.770. The van der Waals surface area contributed by atoms with Gasteiger partial charge in [-0.15, -0.1) is 0 Å². The van der Waals surface area contributed by atoms with Crippen molar-refractivity contribution in [1.29, 1.82) is 0 Å². The van der Waals surface area contributed by atoms with E-state index in [0.717, 1.165) is 15.3 Å². The van der Waals surface area contributed by atoms with E-state index in [9.17, 15) is 4.39 Å². The Morgan fingerprint density at radius 1 is 1.20 bits per heavy atom. The molecule has 1 N–H and O–H groups in total. The number of halogens is 1. The Balaban J connectivity index is 1.90. The molecule has 0 aliphatic carbocycles. The number of aromatic nitrogens is 1. The Morgan fingerprint density at radius 3 is 2.80 bits per heavy atom. The fourth-order valence-corrected chi connectivity index (χ4v) is 2.82. The van der Waals surface area contributed by atoms with Gasteiger partial charge in [-0.05, 0) is 36.8 Å². The summed E-state index contributed by atoms with van der Waals surface area (Å²) in [5, 5.41) is 3.86. The van der Waals surface area contributed by atoms with Gasteiger partial charge in [-0.2, -0.15) is 0 Å². The van der Waals surface area contributed by atoms with Crippen LogP contribution in [0.4, 0.5) is 15.2 Å². The molecule has 1 aromatic heterocycles. The molecule has 0 spiro atoms. The fourth-order valence-electron chi connectivity index (χ4n) is 1.96. The average Bonchev–Trinajstić information content (AvgIpc) is 2.80. The molecular weight excluding hydrogens is 275 g/mol. The van der Waals surface area contributed by atoms with E-state index in [2.05, 4.69) is 16.4 Å². The zero-order valence-corrected chi connectivity index (χ0v) is 11.9. The van der Waals surface area contributed by atoms with Crippen molar-refractivity contribution >= 4 is 32.4 Å². The third-order valence-corrected chi connectivity index (χ3v) is 3.90. The van der Waals surface area contributed by atoms with Gasteiger partial charge in [0.1, 0.15) is 0 Å². The lowest BCUT2D eigenvalue weighted by molar-refractivity contribution is 0.386. The lowest BCUT2D eigenvalue weighted by Crippen LogP contribution is -1.92. The molecule has 0 saturated heterocycles. The van der Waals surface area contributed by atoms with Crippen LogP contribution in [0, 0.1) is 12.7 Å². The second kappa shape index (κ2) is 5.09. The minimum absolute atomic E-state index is 0.232. The van der Waals surface area contributed by atoms with E-state index in [-0.39, 0.29) is 5.75 Å². The Bertz CT molecular complexity index is 770. The summed E-state index contributed by atoms with van der Waals surface area (Å²) in [6, 6.07) is 10.9. The van der Waals surface area contributed by atoms with Crippen LogP contribution in [0.25, 0.3) is 10.2 Å². The van der Waals surface area contributed by atoms with E-state index in [4.69, 9.17) is 4.74 Å². The smallest absolute Gasteiger partial charge is 0.188 e. The molecular formula is C15H13FN2OS. The average molecular weight is 288 g/mol. The molecule has 102 valence electrons. The Kier molecular flexibility index (Phi) is 3.28. The molecule has 3 aromatic rings. The SMILES string of the molecule is COc1ccc(Nc2nc3cc(C)ccc3s2)cc1F. The number of ether oxygens (including phenoxy) is 1. The lowest BCUT2D eigenvalue weighted by atomic mass is 10.2. The third-order valence-electron chi connectivity index (χ3n) is 2.95. The number of rotatable bonds is 3. The van der Waals surface area contributed by atoms with Crippen molar-refractivity contribution in [3.05, 3.63) is 47.8 Å². The van der Waals surface area contributed by atoms with Crippen molar-refractivity contribution < 1.29 is 9.13 Å². The van der Waals surface area contributed by atoms with Gasteiger partial charge in [-0.1, -0.05) is 17.4 Å². The Morgan fingerprint density at radius 2 is 2.05 bits per heavy atom. The van der Waals surface area contributed by atoms with Crippen molar-refractivity contribution in [2.24, 2.45) is 0 Å². The Labute approximate surface area is 120 Å². The van der Waals surface area contributed by atoms with E-state index < -0.39 is 5.82 Å². The zero-order chi connectivity index (χ0) is 14.1. The molecule has 0 radical (unpaired) electrons. The number of thiazole rings is 1. The molecule has 3 nitrogen and oxygen atoms in total. The summed E-state index contributed by atoms with van der Waals surface area (Å²) >= 11 is 1.54. The number of methoxy groups -OCH3 is 1. The van der Waals surface area contributed by atoms with Gasteiger partial charge in [0.15, 0.2) is 16.7 Å². The molecule has 0 aliphatic heterocycles. The number of fused-ring (bicyclic) bond motifs is 1. The lowest BCUT2D eigenvalue weighted by Gasteiger charge is -2.05. The summed E-state index contributed by atoms with van der Waals surface area (Å²) in [6.07, 6.45) is 0. The molecule has 0 saturated carbocycles. The highest BCUT2D eigenvalue weighted by atomic mass is 32.1. The predicted molar refractivity (Wildman–Crippen MR) is 80.6 cm³/mol. The van der Waals surface area contributed by atoms with Crippen LogP contribution in [0.1, 0.15) is 5.56 Å². The van der Waals surface area contributed by atoms with Crippen LogP contribution in [-0.4, -0.2) is 12.1 Å². The van der Waals surface area contributed by atoms with Gasteiger partial charge in [0.25, 0.3) is 0 Å².